The standard InChI is InChI=1S/C12H18N4O/c13-11-5-1-4-10(15-11)8-16-6-2-3-9(7-16)12(14)17/h1,4-5,9H,2-3,6-8H2,(H2,13,15)(H2,14,17). The second-order valence-electron chi connectivity index (χ2n) is 4.53. The van der Waals surface area contributed by atoms with Crippen molar-refractivity contribution in [2.45, 2.75) is 19.4 Å². The van der Waals surface area contributed by atoms with Crippen LogP contribution in [0.25, 0.3) is 0 Å². The Hall–Kier alpha value is -1.62. The van der Waals surface area contributed by atoms with E-state index in [0.717, 1.165) is 38.2 Å². The fraction of sp³-hybridized carbons (Fsp3) is 0.500. The summed E-state index contributed by atoms with van der Waals surface area (Å²) in [6, 6.07) is 5.61. The first kappa shape index (κ1) is 11.9. The van der Waals surface area contributed by atoms with Crippen molar-refractivity contribution in [3.8, 4) is 0 Å². The number of rotatable bonds is 3. The second kappa shape index (κ2) is 5.14. The van der Waals surface area contributed by atoms with Crippen molar-refractivity contribution in [1.29, 1.82) is 0 Å². The van der Waals surface area contributed by atoms with Gasteiger partial charge in [0.05, 0.1) is 11.6 Å². The van der Waals surface area contributed by atoms with Gasteiger partial charge in [-0.2, -0.15) is 0 Å². The third-order valence-electron chi connectivity index (χ3n) is 3.12. The molecule has 17 heavy (non-hydrogen) atoms. The number of primary amides is 1. The van der Waals surface area contributed by atoms with Crippen LogP contribution in [-0.2, 0) is 11.3 Å². The van der Waals surface area contributed by atoms with Crippen LogP contribution < -0.4 is 11.5 Å². The van der Waals surface area contributed by atoms with Gasteiger partial charge in [-0.25, -0.2) is 4.98 Å². The molecule has 1 fully saturated rings. The zero-order valence-corrected chi connectivity index (χ0v) is 9.80. The molecule has 1 unspecified atom stereocenters. The first-order valence-corrected chi connectivity index (χ1v) is 5.88. The molecule has 1 aliphatic heterocycles. The van der Waals surface area contributed by atoms with Gasteiger partial charge in [0, 0.05) is 13.1 Å². The maximum Gasteiger partial charge on any atom is 0.221 e. The van der Waals surface area contributed by atoms with Crippen LogP contribution in [0.5, 0.6) is 0 Å². The van der Waals surface area contributed by atoms with Gasteiger partial charge in [0.2, 0.25) is 5.91 Å². The Labute approximate surface area is 101 Å². The minimum absolute atomic E-state index is 0.0233. The van der Waals surface area contributed by atoms with Crippen LogP contribution in [0, 0.1) is 5.92 Å². The van der Waals surface area contributed by atoms with Gasteiger partial charge in [0.1, 0.15) is 5.82 Å². The highest BCUT2D eigenvalue weighted by molar-refractivity contribution is 5.76. The third-order valence-corrected chi connectivity index (χ3v) is 3.12. The van der Waals surface area contributed by atoms with Crippen molar-refractivity contribution in [3.63, 3.8) is 0 Å². The third kappa shape index (κ3) is 3.17. The minimum Gasteiger partial charge on any atom is -0.384 e. The van der Waals surface area contributed by atoms with Crippen LogP contribution in [0.2, 0.25) is 0 Å². The molecule has 1 aromatic heterocycles. The first-order valence-electron chi connectivity index (χ1n) is 5.88. The number of aromatic nitrogens is 1. The molecule has 0 radical (unpaired) electrons. The van der Waals surface area contributed by atoms with Crippen molar-refractivity contribution < 1.29 is 4.79 Å². The van der Waals surface area contributed by atoms with E-state index in [1.807, 2.05) is 12.1 Å². The number of carbonyl (C=O) groups excluding carboxylic acids is 1. The molecule has 0 aliphatic carbocycles. The Morgan fingerprint density at radius 1 is 1.53 bits per heavy atom. The number of nitrogen functional groups attached to an aromatic ring is 1. The van der Waals surface area contributed by atoms with E-state index >= 15 is 0 Å². The zero-order valence-electron chi connectivity index (χ0n) is 9.80. The van der Waals surface area contributed by atoms with Crippen LogP contribution in [0.4, 0.5) is 5.82 Å². The van der Waals surface area contributed by atoms with E-state index in [1.54, 1.807) is 6.07 Å². The summed E-state index contributed by atoms with van der Waals surface area (Å²) in [6.07, 6.45) is 1.91. The molecule has 1 saturated heterocycles. The molecule has 2 heterocycles. The summed E-state index contributed by atoms with van der Waals surface area (Å²) in [4.78, 5) is 17.6. The van der Waals surface area contributed by atoms with Gasteiger partial charge in [-0.3, -0.25) is 9.69 Å². The summed E-state index contributed by atoms with van der Waals surface area (Å²) in [5.74, 6) is 0.311. The average Bonchev–Trinajstić information content (AvgIpc) is 2.29. The van der Waals surface area contributed by atoms with E-state index in [2.05, 4.69) is 9.88 Å². The number of pyridine rings is 1. The first-order chi connectivity index (χ1) is 8.15. The van der Waals surface area contributed by atoms with Crippen LogP contribution in [0.1, 0.15) is 18.5 Å². The lowest BCUT2D eigenvalue weighted by atomic mass is 9.97. The highest BCUT2D eigenvalue weighted by Crippen LogP contribution is 2.17. The predicted octanol–water partition coefficient (Wildman–Crippen LogP) is 0.361. The van der Waals surface area contributed by atoms with E-state index in [4.69, 9.17) is 11.5 Å². The van der Waals surface area contributed by atoms with Gasteiger partial charge in [-0.05, 0) is 31.5 Å². The zero-order chi connectivity index (χ0) is 12.3. The van der Waals surface area contributed by atoms with E-state index in [-0.39, 0.29) is 11.8 Å². The summed E-state index contributed by atoms with van der Waals surface area (Å²) in [7, 11) is 0. The summed E-state index contributed by atoms with van der Waals surface area (Å²) in [5.41, 5.74) is 11.9. The van der Waals surface area contributed by atoms with Crippen LogP contribution >= 0.6 is 0 Å². The fourth-order valence-corrected chi connectivity index (χ4v) is 2.25. The summed E-state index contributed by atoms with van der Waals surface area (Å²) in [5, 5.41) is 0. The molecule has 0 bridgehead atoms. The number of anilines is 1. The van der Waals surface area contributed by atoms with Gasteiger partial charge in [-0.15, -0.1) is 0 Å². The topological polar surface area (TPSA) is 85.2 Å². The lowest BCUT2D eigenvalue weighted by Crippen LogP contribution is -2.40. The van der Waals surface area contributed by atoms with Gasteiger partial charge in [0.15, 0.2) is 0 Å². The Kier molecular flexibility index (Phi) is 3.58. The number of carbonyl (C=O) groups is 1. The number of hydrogen-bond donors (Lipinski definition) is 2. The van der Waals surface area contributed by atoms with Gasteiger partial charge >= 0.3 is 0 Å². The number of nitrogens with zero attached hydrogens (tertiary/aromatic N) is 2. The van der Waals surface area contributed by atoms with E-state index in [1.165, 1.54) is 0 Å². The highest BCUT2D eigenvalue weighted by Gasteiger charge is 2.23. The Balaban J connectivity index is 1.97. The molecule has 1 aliphatic rings. The van der Waals surface area contributed by atoms with Crippen molar-refractivity contribution in [2.75, 3.05) is 18.8 Å². The fourth-order valence-electron chi connectivity index (χ4n) is 2.25. The number of nitrogens with two attached hydrogens (primary N) is 2. The molecule has 0 spiro atoms. The molecular weight excluding hydrogens is 216 g/mol. The number of amides is 1. The predicted molar refractivity (Wildman–Crippen MR) is 65.8 cm³/mol. The van der Waals surface area contributed by atoms with E-state index < -0.39 is 0 Å². The molecule has 5 heteroatoms. The number of likely N-dealkylation sites (tertiary alicyclic amines) is 1. The normalized spacial score (nSPS) is 21.3. The SMILES string of the molecule is NC(=O)C1CCCN(Cc2cccc(N)n2)C1. The number of hydrogen-bond acceptors (Lipinski definition) is 4. The monoisotopic (exact) mass is 234 g/mol. The van der Waals surface area contributed by atoms with Gasteiger partial charge in [-0.1, -0.05) is 6.07 Å². The molecule has 4 N–H and O–H groups in total. The average molecular weight is 234 g/mol. The molecule has 92 valence electrons. The Morgan fingerprint density at radius 2 is 2.35 bits per heavy atom. The molecule has 1 amide bonds. The van der Waals surface area contributed by atoms with E-state index in [0.29, 0.717) is 5.82 Å². The quantitative estimate of drug-likeness (QED) is 0.790. The molecule has 5 nitrogen and oxygen atoms in total. The molecule has 1 aromatic rings. The summed E-state index contributed by atoms with van der Waals surface area (Å²) in [6.45, 7) is 2.45. The van der Waals surface area contributed by atoms with Gasteiger partial charge in [0.25, 0.3) is 0 Å². The molecular formula is C12H18N4O. The van der Waals surface area contributed by atoms with Crippen molar-refractivity contribution >= 4 is 11.7 Å². The highest BCUT2D eigenvalue weighted by atomic mass is 16.1. The lowest BCUT2D eigenvalue weighted by molar-refractivity contribution is -0.123. The molecule has 1 atom stereocenters. The smallest absolute Gasteiger partial charge is 0.221 e. The van der Waals surface area contributed by atoms with Crippen molar-refractivity contribution in [2.24, 2.45) is 11.7 Å². The van der Waals surface area contributed by atoms with Crippen LogP contribution in [0.15, 0.2) is 18.2 Å². The summed E-state index contributed by atoms with van der Waals surface area (Å²) < 4.78 is 0. The molecule has 0 saturated carbocycles. The molecule has 0 aromatic carbocycles. The maximum atomic E-state index is 11.2. The molecule has 2 rings (SSSR count). The van der Waals surface area contributed by atoms with Crippen LogP contribution in [-0.4, -0.2) is 28.9 Å². The van der Waals surface area contributed by atoms with Crippen molar-refractivity contribution in [3.05, 3.63) is 23.9 Å². The number of piperidine rings is 1. The largest absolute Gasteiger partial charge is 0.384 e. The Bertz CT molecular complexity index is 407. The Morgan fingerprint density at radius 3 is 3.06 bits per heavy atom. The lowest BCUT2D eigenvalue weighted by Gasteiger charge is -2.30. The van der Waals surface area contributed by atoms with Crippen molar-refractivity contribution in [1.82, 2.24) is 9.88 Å². The minimum atomic E-state index is -0.199. The second-order valence-corrected chi connectivity index (χ2v) is 4.53. The van der Waals surface area contributed by atoms with Gasteiger partial charge < -0.3 is 11.5 Å². The van der Waals surface area contributed by atoms with E-state index in [9.17, 15) is 4.79 Å². The maximum absolute atomic E-state index is 11.2. The summed E-state index contributed by atoms with van der Waals surface area (Å²) >= 11 is 0. The van der Waals surface area contributed by atoms with Crippen LogP contribution in [0.3, 0.4) is 0 Å².